The van der Waals surface area contributed by atoms with E-state index in [4.69, 9.17) is 0 Å². The van der Waals surface area contributed by atoms with Gasteiger partial charge in [-0.2, -0.15) is 0 Å². The summed E-state index contributed by atoms with van der Waals surface area (Å²) in [4.78, 5) is 4.24. The first-order chi connectivity index (χ1) is 4.27. The lowest BCUT2D eigenvalue weighted by molar-refractivity contribution is 0.799. The van der Waals surface area contributed by atoms with E-state index in [0.717, 1.165) is 6.54 Å². The molecule has 0 aromatic carbocycles. The van der Waals surface area contributed by atoms with Crippen molar-refractivity contribution in [2.75, 3.05) is 6.54 Å². The Labute approximate surface area is 58.2 Å². The number of unbranched alkanes of at least 4 members (excludes halogenated alkanes) is 1. The lowest BCUT2D eigenvalue weighted by atomic mass is 10.2. The van der Waals surface area contributed by atoms with Crippen LogP contribution in [0.5, 0.6) is 0 Å². The second-order valence-electron chi connectivity index (χ2n) is 2.65. The topological polar surface area (TPSA) is 12.4 Å². The average molecular weight is 127 g/mol. The van der Waals surface area contributed by atoms with Crippen molar-refractivity contribution >= 4 is 6.21 Å². The summed E-state index contributed by atoms with van der Waals surface area (Å²) in [5.41, 5.74) is 0. The van der Waals surface area contributed by atoms with Crippen LogP contribution < -0.4 is 0 Å². The normalized spacial score (nSPS) is 11.6. The Morgan fingerprint density at radius 1 is 1.44 bits per heavy atom. The fraction of sp³-hybridized carbons (Fsp3) is 0.875. The third-order valence-corrected chi connectivity index (χ3v) is 1.04. The van der Waals surface area contributed by atoms with Crippen molar-refractivity contribution in [2.24, 2.45) is 10.9 Å². The molecule has 1 nitrogen and oxygen atoms in total. The van der Waals surface area contributed by atoms with E-state index in [0.29, 0.717) is 5.92 Å². The predicted octanol–water partition coefficient (Wildman–Crippen LogP) is 2.51. The zero-order valence-electron chi connectivity index (χ0n) is 6.72. The van der Waals surface area contributed by atoms with Crippen molar-refractivity contribution in [1.82, 2.24) is 0 Å². The van der Waals surface area contributed by atoms with Gasteiger partial charge in [0.15, 0.2) is 0 Å². The molecule has 0 aliphatic heterocycles. The van der Waals surface area contributed by atoms with Crippen LogP contribution in [0.15, 0.2) is 4.99 Å². The first kappa shape index (κ1) is 8.67. The molecular weight excluding hydrogens is 110 g/mol. The van der Waals surface area contributed by atoms with Gasteiger partial charge in [-0.25, -0.2) is 0 Å². The number of rotatable bonds is 4. The summed E-state index contributed by atoms with van der Waals surface area (Å²) in [6, 6.07) is 0. The number of aliphatic imine (C=N–C) groups is 1. The molecular formula is C8H17N. The molecule has 0 aromatic rings. The van der Waals surface area contributed by atoms with Crippen molar-refractivity contribution < 1.29 is 0 Å². The summed E-state index contributed by atoms with van der Waals surface area (Å²) >= 11 is 0. The molecule has 0 heterocycles. The molecule has 0 rings (SSSR count). The Morgan fingerprint density at radius 3 is 2.56 bits per heavy atom. The Kier molecular flexibility index (Phi) is 5.59. The maximum atomic E-state index is 4.24. The van der Waals surface area contributed by atoms with Crippen LogP contribution in [-0.2, 0) is 0 Å². The van der Waals surface area contributed by atoms with Gasteiger partial charge < -0.3 is 0 Å². The van der Waals surface area contributed by atoms with E-state index in [9.17, 15) is 0 Å². The van der Waals surface area contributed by atoms with Crippen molar-refractivity contribution in [1.29, 1.82) is 0 Å². The Morgan fingerprint density at radius 2 is 2.11 bits per heavy atom. The standard InChI is InChI=1S/C8H17N/c1-4-5-6-9-7-8(2)3/h7-8H,4-6H2,1-3H3/b9-7+. The minimum Gasteiger partial charge on any atom is -0.297 e. The highest BCUT2D eigenvalue weighted by atomic mass is 14.7. The van der Waals surface area contributed by atoms with Crippen LogP contribution in [0.25, 0.3) is 0 Å². The van der Waals surface area contributed by atoms with Gasteiger partial charge in [-0.1, -0.05) is 27.2 Å². The van der Waals surface area contributed by atoms with Crippen molar-refractivity contribution in [2.45, 2.75) is 33.6 Å². The molecule has 0 saturated carbocycles. The zero-order chi connectivity index (χ0) is 7.11. The lowest BCUT2D eigenvalue weighted by Gasteiger charge is -1.92. The van der Waals surface area contributed by atoms with Crippen LogP contribution in [0.1, 0.15) is 33.6 Å². The molecule has 0 fully saturated rings. The minimum atomic E-state index is 0.613. The maximum absolute atomic E-state index is 4.24. The zero-order valence-corrected chi connectivity index (χ0v) is 6.72. The molecule has 9 heavy (non-hydrogen) atoms. The molecule has 0 atom stereocenters. The lowest BCUT2D eigenvalue weighted by Crippen LogP contribution is -1.88. The van der Waals surface area contributed by atoms with Crippen LogP contribution in [0.4, 0.5) is 0 Å². The number of hydrogen-bond donors (Lipinski definition) is 0. The van der Waals surface area contributed by atoms with Gasteiger partial charge in [0.25, 0.3) is 0 Å². The summed E-state index contributed by atoms with van der Waals surface area (Å²) in [7, 11) is 0. The highest BCUT2D eigenvalue weighted by Crippen LogP contribution is 1.89. The van der Waals surface area contributed by atoms with Gasteiger partial charge in [-0.15, -0.1) is 0 Å². The molecule has 0 aliphatic carbocycles. The summed E-state index contributed by atoms with van der Waals surface area (Å²) in [6.07, 6.45) is 4.49. The SMILES string of the molecule is CCCC/N=C/C(C)C. The second-order valence-corrected chi connectivity index (χ2v) is 2.65. The highest BCUT2D eigenvalue weighted by Gasteiger charge is 1.82. The molecule has 54 valence electrons. The summed E-state index contributed by atoms with van der Waals surface area (Å²) in [5.74, 6) is 0.613. The van der Waals surface area contributed by atoms with Gasteiger partial charge in [0.1, 0.15) is 0 Å². The second kappa shape index (κ2) is 5.80. The van der Waals surface area contributed by atoms with Gasteiger partial charge in [0.2, 0.25) is 0 Å². The first-order valence-corrected chi connectivity index (χ1v) is 3.77. The molecule has 0 N–H and O–H groups in total. The van der Waals surface area contributed by atoms with Crippen molar-refractivity contribution in [3.8, 4) is 0 Å². The van der Waals surface area contributed by atoms with E-state index in [1.807, 2.05) is 6.21 Å². The van der Waals surface area contributed by atoms with Crippen LogP contribution in [-0.4, -0.2) is 12.8 Å². The minimum absolute atomic E-state index is 0.613. The van der Waals surface area contributed by atoms with Gasteiger partial charge in [-0.05, 0) is 12.3 Å². The van der Waals surface area contributed by atoms with E-state index < -0.39 is 0 Å². The molecule has 0 bridgehead atoms. The fourth-order valence-corrected chi connectivity index (χ4v) is 0.535. The van der Waals surface area contributed by atoms with Crippen LogP contribution in [0.3, 0.4) is 0 Å². The molecule has 1 heteroatoms. The third-order valence-electron chi connectivity index (χ3n) is 1.04. The number of hydrogen-bond acceptors (Lipinski definition) is 1. The fourth-order valence-electron chi connectivity index (χ4n) is 0.535. The van der Waals surface area contributed by atoms with E-state index in [1.54, 1.807) is 0 Å². The van der Waals surface area contributed by atoms with Gasteiger partial charge in [0.05, 0.1) is 0 Å². The molecule has 0 spiro atoms. The summed E-state index contributed by atoms with van der Waals surface area (Å²) in [5, 5.41) is 0. The van der Waals surface area contributed by atoms with Gasteiger partial charge >= 0.3 is 0 Å². The molecule has 0 radical (unpaired) electrons. The molecule has 0 saturated heterocycles. The maximum Gasteiger partial charge on any atom is 0.0385 e. The van der Waals surface area contributed by atoms with E-state index in [-0.39, 0.29) is 0 Å². The average Bonchev–Trinajstić information content (AvgIpc) is 1.80. The summed E-state index contributed by atoms with van der Waals surface area (Å²) < 4.78 is 0. The molecule has 0 aromatic heterocycles. The largest absolute Gasteiger partial charge is 0.297 e. The molecule has 0 aliphatic rings. The van der Waals surface area contributed by atoms with Crippen LogP contribution in [0, 0.1) is 5.92 Å². The van der Waals surface area contributed by atoms with E-state index in [2.05, 4.69) is 25.8 Å². The van der Waals surface area contributed by atoms with Gasteiger partial charge in [0, 0.05) is 12.8 Å². The smallest absolute Gasteiger partial charge is 0.0385 e. The van der Waals surface area contributed by atoms with Crippen molar-refractivity contribution in [3.63, 3.8) is 0 Å². The Balaban J connectivity index is 3.04. The Bertz CT molecular complexity index is 74.6. The highest BCUT2D eigenvalue weighted by molar-refractivity contribution is 5.59. The Hall–Kier alpha value is -0.330. The number of nitrogens with zero attached hydrogens (tertiary/aromatic N) is 1. The van der Waals surface area contributed by atoms with Crippen LogP contribution in [0.2, 0.25) is 0 Å². The summed E-state index contributed by atoms with van der Waals surface area (Å²) in [6.45, 7) is 7.49. The predicted molar refractivity (Wildman–Crippen MR) is 43.1 cm³/mol. The van der Waals surface area contributed by atoms with Crippen molar-refractivity contribution in [3.05, 3.63) is 0 Å². The monoisotopic (exact) mass is 127 g/mol. The van der Waals surface area contributed by atoms with Gasteiger partial charge in [-0.3, -0.25) is 4.99 Å². The molecule has 0 unspecified atom stereocenters. The quantitative estimate of drug-likeness (QED) is 0.406. The molecule has 0 amide bonds. The third kappa shape index (κ3) is 7.67. The first-order valence-electron chi connectivity index (χ1n) is 3.77. The van der Waals surface area contributed by atoms with Crippen LogP contribution >= 0.6 is 0 Å². The van der Waals surface area contributed by atoms with E-state index in [1.165, 1.54) is 12.8 Å². The van der Waals surface area contributed by atoms with E-state index >= 15 is 0 Å².